The lowest BCUT2D eigenvalue weighted by Crippen LogP contribution is -2.57. The second kappa shape index (κ2) is 7.05. The van der Waals surface area contributed by atoms with Crippen LogP contribution in [0, 0.1) is 0 Å². The molecule has 142 valence electrons. The molecule has 8 heteroatoms. The van der Waals surface area contributed by atoms with Crippen LogP contribution in [0.3, 0.4) is 0 Å². The van der Waals surface area contributed by atoms with Crippen LogP contribution in [0.2, 0.25) is 0 Å². The number of hydrogen-bond acceptors (Lipinski definition) is 5. The van der Waals surface area contributed by atoms with E-state index in [-0.39, 0.29) is 29.9 Å². The molecule has 0 radical (unpaired) electrons. The molecule has 1 aliphatic heterocycles. The minimum atomic E-state index is -3.22. The van der Waals surface area contributed by atoms with E-state index in [2.05, 4.69) is 10.3 Å². The fourth-order valence-electron chi connectivity index (χ4n) is 3.04. The average Bonchev–Trinajstić information content (AvgIpc) is 2.63. The van der Waals surface area contributed by atoms with Crippen LogP contribution in [-0.4, -0.2) is 36.2 Å². The Bertz CT molecular complexity index is 884. The Labute approximate surface area is 154 Å². The summed E-state index contributed by atoms with van der Waals surface area (Å²) in [5, 5.41) is 13.3. The monoisotopic (exact) mass is 374 g/mol. The van der Waals surface area contributed by atoms with E-state index in [1.807, 2.05) is 0 Å². The predicted octanol–water partition coefficient (Wildman–Crippen LogP) is 1.93. The van der Waals surface area contributed by atoms with Crippen LogP contribution in [-0.2, 0) is 5.60 Å². The van der Waals surface area contributed by atoms with Gasteiger partial charge in [0.2, 0.25) is 0 Å². The minimum absolute atomic E-state index is 0.119. The number of piperidine rings is 1. The summed E-state index contributed by atoms with van der Waals surface area (Å²) < 4.78 is 28.4. The zero-order valence-corrected chi connectivity index (χ0v) is 14.5. The van der Waals surface area contributed by atoms with Gasteiger partial charge in [-0.3, -0.25) is 9.79 Å². The summed E-state index contributed by atoms with van der Waals surface area (Å²) in [5.41, 5.74) is 10.4. The molecule has 1 fully saturated rings. The van der Waals surface area contributed by atoms with Crippen molar-refractivity contribution in [3.8, 4) is 0 Å². The second-order valence-electron chi connectivity index (χ2n) is 6.47. The number of benzene rings is 2. The highest BCUT2D eigenvalue weighted by atomic mass is 19.3. The zero-order valence-electron chi connectivity index (χ0n) is 14.5. The number of halogens is 2. The van der Waals surface area contributed by atoms with Crippen LogP contribution in [0.1, 0.15) is 27.9 Å². The fraction of sp³-hybridized carbons (Fsp3) is 0.263. The molecule has 0 spiro atoms. The van der Waals surface area contributed by atoms with Crippen LogP contribution < -0.4 is 16.8 Å². The number of para-hydroxylation sites is 1. The van der Waals surface area contributed by atoms with Gasteiger partial charge in [0.25, 0.3) is 11.8 Å². The van der Waals surface area contributed by atoms with Gasteiger partial charge in [0.1, 0.15) is 0 Å². The molecule has 1 amide bonds. The lowest BCUT2D eigenvalue weighted by Gasteiger charge is -2.40. The molecule has 2 aromatic carbocycles. The molecule has 1 heterocycles. The smallest absolute Gasteiger partial charge is 0.282 e. The van der Waals surface area contributed by atoms with Gasteiger partial charge in [0.05, 0.1) is 16.9 Å². The molecule has 1 unspecified atom stereocenters. The van der Waals surface area contributed by atoms with Gasteiger partial charge in [0, 0.05) is 31.3 Å². The second-order valence-corrected chi connectivity index (χ2v) is 6.47. The first-order valence-electron chi connectivity index (χ1n) is 8.38. The van der Waals surface area contributed by atoms with Gasteiger partial charge in [-0.15, -0.1) is 0 Å². The SMILES string of the molecule is NC(=O)c1cccc(C=Nc2ccc(C3(O)CNCCC3(F)F)cc2)c1N. The number of primary amides is 1. The number of nitrogens with two attached hydrogens (primary N) is 2. The third kappa shape index (κ3) is 3.54. The highest BCUT2D eigenvalue weighted by Gasteiger charge is 2.54. The number of β-amino-alcohol motifs (C(OH)–C–C–N with tert-alkyl or cyclic N) is 1. The molecular weight excluding hydrogens is 354 g/mol. The fourth-order valence-corrected chi connectivity index (χ4v) is 3.04. The van der Waals surface area contributed by atoms with Crippen molar-refractivity contribution in [3.05, 3.63) is 59.2 Å². The molecule has 27 heavy (non-hydrogen) atoms. The Balaban J connectivity index is 1.84. The summed E-state index contributed by atoms with van der Waals surface area (Å²) in [7, 11) is 0. The first-order chi connectivity index (χ1) is 12.7. The molecule has 1 aliphatic rings. The number of aliphatic hydroxyl groups is 1. The van der Waals surface area contributed by atoms with Gasteiger partial charge in [-0.1, -0.05) is 24.3 Å². The number of rotatable bonds is 4. The van der Waals surface area contributed by atoms with E-state index in [1.165, 1.54) is 36.5 Å². The third-order valence-corrected chi connectivity index (χ3v) is 4.70. The van der Waals surface area contributed by atoms with Gasteiger partial charge in [0.15, 0.2) is 5.60 Å². The molecular formula is C19H20F2N4O2. The summed E-state index contributed by atoms with van der Waals surface area (Å²) in [4.78, 5) is 15.6. The molecule has 0 bridgehead atoms. The van der Waals surface area contributed by atoms with Crippen molar-refractivity contribution in [1.82, 2.24) is 5.32 Å². The van der Waals surface area contributed by atoms with Crippen molar-refractivity contribution in [2.75, 3.05) is 18.8 Å². The maximum absolute atomic E-state index is 14.2. The number of amides is 1. The molecule has 6 nitrogen and oxygen atoms in total. The normalized spacial score (nSPS) is 22.0. The largest absolute Gasteiger partial charge is 0.398 e. The number of alkyl halides is 2. The van der Waals surface area contributed by atoms with Gasteiger partial charge >= 0.3 is 0 Å². The van der Waals surface area contributed by atoms with E-state index in [0.717, 1.165) is 0 Å². The Morgan fingerprint density at radius 1 is 1.22 bits per heavy atom. The van der Waals surface area contributed by atoms with Crippen LogP contribution in [0.15, 0.2) is 47.5 Å². The first-order valence-corrected chi connectivity index (χ1v) is 8.38. The number of nitrogen functional groups attached to an aromatic ring is 1. The van der Waals surface area contributed by atoms with Crippen molar-refractivity contribution < 1.29 is 18.7 Å². The molecule has 1 saturated heterocycles. The summed E-state index contributed by atoms with van der Waals surface area (Å²) in [6, 6.07) is 10.7. The van der Waals surface area contributed by atoms with Crippen LogP contribution >= 0.6 is 0 Å². The number of hydrogen-bond donors (Lipinski definition) is 4. The van der Waals surface area contributed by atoms with Crippen molar-refractivity contribution in [2.24, 2.45) is 10.7 Å². The summed E-state index contributed by atoms with van der Waals surface area (Å²) >= 11 is 0. The Hall–Kier alpha value is -2.84. The Kier molecular flexibility index (Phi) is 4.95. The zero-order chi connectivity index (χ0) is 19.7. The number of aliphatic imine (C=N–C) groups is 1. The van der Waals surface area contributed by atoms with Crippen LogP contribution in [0.5, 0.6) is 0 Å². The summed E-state index contributed by atoms with van der Waals surface area (Å²) in [6.45, 7) is -0.0669. The lowest BCUT2D eigenvalue weighted by molar-refractivity contribution is -0.200. The van der Waals surface area contributed by atoms with Gasteiger partial charge < -0.3 is 21.9 Å². The maximum Gasteiger partial charge on any atom is 0.282 e. The summed E-state index contributed by atoms with van der Waals surface area (Å²) in [5.74, 6) is -3.85. The van der Waals surface area contributed by atoms with Crippen LogP contribution in [0.4, 0.5) is 20.2 Å². The van der Waals surface area contributed by atoms with E-state index in [1.54, 1.807) is 12.1 Å². The molecule has 3 rings (SSSR count). The number of carbonyl (C=O) groups is 1. The molecule has 0 saturated carbocycles. The summed E-state index contributed by atoms with van der Waals surface area (Å²) in [6.07, 6.45) is 1.03. The van der Waals surface area contributed by atoms with E-state index in [9.17, 15) is 18.7 Å². The predicted molar refractivity (Wildman–Crippen MR) is 99.4 cm³/mol. The molecule has 2 aromatic rings. The van der Waals surface area contributed by atoms with Crippen molar-refractivity contribution in [3.63, 3.8) is 0 Å². The van der Waals surface area contributed by atoms with Gasteiger partial charge in [-0.2, -0.15) is 0 Å². The van der Waals surface area contributed by atoms with Crippen molar-refractivity contribution in [1.29, 1.82) is 0 Å². The van der Waals surface area contributed by atoms with Gasteiger partial charge in [-0.05, 0) is 23.8 Å². The first kappa shape index (κ1) is 18.9. The maximum atomic E-state index is 14.2. The van der Waals surface area contributed by atoms with Crippen LogP contribution in [0.25, 0.3) is 0 Å². The van der Waals surface area contributed by atoms with Crippen molar-refractivity contribution in [2.45, 2.75) is 17.9 Å². The third-order valence-electron chi connectivity index (χ3n) is 4.70. The quantitative estimate of drug-likeness (QED) is 0.484. The standard InChI is InChI=1S/C19H20F2N4O2/c20-19(21)8-9-24-11-18(19,27)13-4-6-14(7-5-13)25-10-12-2-1-3-15(16(12)22)17(23)26/h1-7,10,24,27H,8-9,11,22H2,(H2,23,26). The highest BCUT2D eigenvalue weighted by molar-refractivity contribution is 6.02. The molecule has 1 atom stereocenters. The number of nitrogens with zero attached hydrogens (tertiary/aromatic N) is 1. The lowest BCUT2D eigenvalue weighted by atomic mass is 9.83. The number of anilines is 1. The van der Waals surface area contributed by atoms with Gasteiger partial charge in [-0.25, -0.2) is 8.78 Å². The van der Waals surface area contributed by atoms with E-state index in [4.69, 9.17) is 11.5 Å². The van der Waals surface area contributed by atoms with E-state index < -0.39 is 23.9 Å². The minimum Gasteiger partial charge on any atom is -0.398 e. The Morgan fingerprint density at radius 3 is 2.56 bits per heavy atom. The van der Waals surface area contributed by atoms with E-state index in [0.29, 0.717) is 11.3 Å². The molecule has 0 aliphatic carbocycles. The number of nitrogens with one attached hydrogen (secondary N) is 1. The van der Waals surface area contributed by atoms with Crippen molar-refractivity contribution >= 4 is 23.5 Å². The topological polar surface area (TPSA) is 114 Å². The Morgan fingerprint density at radius 2 is 1.93 bits per heavy atom. The highest BCUT2D eigenvalue weighted by Crippen LogP contribution is 2.41. The molecule has 6 N–H and O–H groups in total. The molecule has 0 aromatic heterocycles. The number of carbonyl (C=O) groups excluding carboxylic acids is 1. The average molecular weight is 374 g/mol. The van der Waals surface area contributed by atoms with E-state index >= 15 is 0 Å².